The molecule has 0 saturated heterocycles. The molecule has 0 fully saturated rings. The van der Waals surface area contributed by atoms with Crippen LogP contribution in [-0.2, 0) is 0 Å². The van der Waals surface area contributed by atoms with Crippen molar-refractivity contribution < 1.29 is 20.1 Å². The molecule has 0 unspecified atom stereocenters. The molecule has 0 aliphatic heterocycles. The summed E-state index contributed by atoms with van der Waals surface area (Å²) in [6, 6.07) is 23.2. The van der Waals surface area contributed by atoms with Crippen LogP contribution in [-0.4, -0.2) is 15.3 Å². The second kappa shape index (κ2) is 8.55. The Bertz CT molecular complexity index is 1210. The van der Waals surface area contributed by atoms with E-state index in [1.54, 1.807) is 35.2 Å². The highest BCUT2D eigenvalue weighted by Crippen LogP contribution is 2.44. The van der Waals surface area contributed by atoms with E-state index < -0.39 is 0 Å². The molecular weight excluding hydrogens is 402 g/mol. The Kier molecular flexibility index (Phi) is 5.65. The van der Waals surface area contributed by atoms with Gasteiger partial charge in [-0.2, -0.15) is 0 Å². The maximum Gasteiger partial charge on any atom is 0.139 e. The number of benzene rings is 4. The molecule has 162 valence electrons. The zero-order valence-electron chi connectivity index (χ0n) is 18.2. The number of hydrogen-bond donors (Lipinski definition) is 3. The number of aryl methyl sites for hydroxylation is 3. The zero-order valence-corrected chi connectivity index (χ0v) is 18.2. The van der Waals surface area contributed by atoms with Gasteiger partial charge in [0, 0.05) is 5.69 Å². The van der Waals surface area contributed by atoms with Crippen molar-refractivity contribution in [2.24, 2.45) is 0 Å². The van der Waals surface area contributed by atoms with Crippen molar-refractivity contribution in [1.82, 2.24) is 0 Å². The normalized spacial score (nSPS) is 10.7. The largest absolute Gasteiger partial charge is 0.508 e. The van der Waals surface area contributed by atoms with Gasteiger partial charge in [0.2, 0.25) is 0 Å². The van der Waals surface area contributed by atoms with E-state index in [1.807, 2.05) is 69.3 Å². The fourth-order valence-corrected chi connectivity index (χ4v) is 3.59. The Balaban J connectivity index is 1.74. The van der Waals surface area contributed by atoms with Crippen molar-refractivity contribution in [2.75, 3.05) is 4.90 Å². The van der Waals surface area contributed by atoms with Gasteiger partial charge < -0.3 is 25.0 Å². The highest BCUT2D eigenvalue weighted by atomic mass is 16.5. The van der Waals surface area contributed by atoms with Gasteiger partial charge in [0.05, 0.1) is 11.4 Å². The average molecular weight is 428 g/mol. The van der Waals surface area contributed by atoms with E-state index in [-0.39, 0.29) is 17.2 Å². The van der Waals surface area contributed by atoms with E-state index >= 15 is 0 Å². The molecule has 0 saturated carbocycles. The number of aromatic hydroxyl groups is 3. The van der Waals surface area contributed by atoms with Gasteiger partial charge in [-0.05, 0) is 104 Å². The lowest BCUT2D eigenvalue weighted by molar-refractivity contribution is 0.461. The van der Waals surface area contributed by atoms with E-state index in [1.165, 1.54) is 0 Å². The molecule has 0 spiro atoms. The van der Waals surface area contributed by atoms with Crippen LogP contribution < -0.4 is 9.64 Å². The van der Waals surface area contributed by atoms with Crippen molar-refractivity contribution in [1.29, 1.82) is 0 Å². The second-order valence-corrected chi connectivity index (χ2v) is 7.87. The van der Waals surface area contributed by atoms with Crippen LogP contribution in [0.1, 0.15) is 16.7 Å². The van der Waals surface area contributed by atoms with Gasteiger partial charge in [-0.1, -0.05) is 12.1 Å². The van der Waals surface area contributed by atoms with Crippen LogP contribution in [0.2, 0.25) is 0 Å². The summed E-state index contributed by atoms with van der Waals surface area (Å²) in [6.07, 6.45) is 0. The third-order valence-corrected chi connectivity index (χ3v) is 5.22. The lowest BCUT2D eigenvalue weighted by Crippen LogP contribution is -2.10. The predicted molar refractivity (Wildman–Crippen MR) is 127 cm³/mol. The Labute approximate surface area is 187 Å². The fraction of sp³-hybridized carbons (Fsp3) is 0.111. The molecule has 4 aromatic carbocycles. The van der Waals surface area contributed by atoms with Gasteiger partial charge in [0.1, 0.15) is 28.7 Å². The van der Waals surface area contributed by atoms with Crippen LogP contribution in [0.4, 0.5) is 17.1 Å². The number of nitrogens with zero attached hydrogens (tertiary/aromatic N) is 1. The summed E-state index contributed by atoms with van der Waals surface area (Å²) >= 11 is 0. The SMILES string of the molecule is Cc1ccc(N(c2ccc(Oc3ccc(O)cc3C)cc2)c2ccc(C)cc2O)c(O)c1. The van der Waals surface area contributed by atoms with Crippen LogP contribution in [0, 0.1) is 20.8 Å². The molecule has 4 aromatic rings. The highest BCUT2D eigenvalue weighted by Gasteiger charge is 2.19. The van der Waals surface area contributed by atoms with Crippen LogP contribution in [0.25, 0.3) is 0 Å². The molecule has 0 radical (unpaired) electrons. The minimum absolute atomic E-state index is 0.116. The summed E-state index contributed by atoms with van der Waals surface area (Å²) in [5, 5.41) is 30.9. The summed E-state index contributed by atoms with van der Waals surface area (Å²) in [5.41, 5.74) is 4.55. The molecule has 4 rings (SSSR count). The number of hydrogen-bond acceptors (Lipinski definition) is 5. The maximum atomic E-state index is 10.7. The first-order valence-corrected chi connectivity index (χ1v) is 10.3. The van der Waals surface area contributed by atoms with Crippen molar-refractivity contribution in [3.63, 3.8) is 0 Å². The van der Waals surface area contributed by atoms with E-state index in [4.69, 9.17) is 4.74 Å². The van der Waals surface area contributed by atoms with Crippen LogP contribution >= 0.6 is 0 Å². The third kappa shape index (κ3) is 4.32. The minimum Gasteiger partial charge on any atom is -0.508 e. The molecule has 0 bridgehead atoms. The van der Waals surface area contributed by atoms with Crippen LogP contribution in [0.5, 0.6) is 28.7 Å². The molecule has 32 heavy (non-hydrogen) atoms. The van der Waals surface area contributed by atoms with E-state index in [0.29, 0.717) is 22.9 Å². The summed E-state index contributed by atoms with van der Waals surface area (Å²) in [6.45, 7) is 5.69. The van der Waals surface area contributed by atoms with E-state index in [2.05, 4.69) is 0 Å². The Morgan fingerprint density at radius 1 is 0.625 bits per heavy atom. The summed E-state index contributed by atoms with van der Waals surface area (Å²) in [7, 11) is 0. The van der Waals surface area contributed by atoms with Crippen molar-refractivity contribution >= 4 is 17.1 Å². The monoisotopic (exact) mass is 427 g/mol. The standard InChI is InChI=1S/C27H25NO4/c1-17-4-11-23(25(30)14-17)28(24-12-5-18(2)15-26(24)31)20-6-9-22(10-7-20)32-27-13-8-21(29)16-19(27)3/h4-16,29-31H,1-3H3. The highest BCUT2D eigenvalue weighted by molar-refractivity contribution is 5.83. The molecule has 5 heteroatoms. The third-order valence-electron chi connectivity index (χ3n) is 5.22. The molecule has 0 aliphatic carbocycles. The number of anilines is 3. The van der Waals surface area contributed by atoms with Crippen LogP contribution in [0.15, 0.2) is 78.9 Å². The Morgan fingerprint density at radius 2 is 1.19 bits per heavy atom. The van der Waals surface area contributed by atoms with Gasteiger partial charge >= 0.3 is 0 Å². The second-order valence-electron chi connectivity index (χ2n) is 7.87. The summed E-state index contributed by atoms with van der Waals surface area (Å²) in [5.74, 6) is 1.70. The molecule has 0 atom stereocenters. The molecule has 0 aromatic heterocycles. The topological polar surface area (TPSA) is 73.2 Å². The van der Waals surface area contributed by atoms with Crippen molar-refractivity contribution in [3.05, 3.63) is 95.6 Å². The minimum atomic E-state index is 0.116. The number of phenols is 3. The Hall–Kier alpha value is -4.12. The van der Waals surface area contributed by atoms with Gasteiger partial charge in [0.15, 0.2) is 0 Å². The van der Waals surface area contributed by atoms with E-state index in [9.17, 15) is 15.3 Å². The predicted octanol–water partition coefficient (Wildman–Crippen LogP) is 6.99. The quantitative estimate of drug-likeness (QED) is 0.320. The van der Waals surface area contributed by atoms with Crippen LogP contribution in [0.3, 0.4) is 0 Å². The fourth-order valence-electron chi connectivity index (χ4n) is 3.59. The first kappa shape index (κ1) is 21.1. The summed E-state index contributed by atoms with van der Waals surface area (Å²) < 4.78 is 5.96. The summed E-state index contributed by atoms with van der Waals surface area (Å²) in [4.78, 5) is 1.80. The molecule has 5 nitrogen and oxygen atoms in total. The van der Waals surface area contributed by atoms with Gasteiger partial charge in [-0.3, -0.25) is 0 Å². The lowest BCUT2D eigenvalue weighted by Gasteiger charge is -2.27. The first-order valence-electron chi connectivity index (χ1n) is 10.3. The van der Waals surface area contributed by atoms with Crippen molar-refractivity contribution in [2.45, 2.75) is 20.8 Å². The zero-order chi connectivity index (χ0) is 22.8. The number of rotatable bonds is 5. The van der Waals surface area contributed by atoms with Gasteiger partial charge in [-0.15, -0.1) is 0 Å². The molecule has 3 N–H and O–H groups in total. The lowest BCUT2D eigenvalue weighted by atomic mass is 10.1. The molecular formula is C27H25NO4. The first-order chi connectivity index (χ1) is 15.3. The van der Waals surface area contributed by atoms with E-state index in [0.717, 1.165) is 22.4 Å². The van der Waals surface area contributed by atoms with Crippen molar-refractivity contribution in [3.8, 4) is 28.7 Å². The van der Waals surface area contributed by atoms with Gasteiger partial charge in [0.25, 0.3) is 0 Å². The van der Waals surface area contributed by atoms with Gasteiger partial charge in [-0.25, -0.2) is 0 Å². The molecule has 0 aliphatic rings. The average Bonchev–Trinajstić information content (AvgIpc) is 2.74. The number of phenolic OH excluding ortho intramolecular Hbond substituents is 3. The Morgan fingerprint density at radius 3 is 1.69 bits per heavy atom. The number of ether oxygens (including phenoxy) is 1. The molecule has 0 heterocycles. The maximum absolute atomic E-state index is 10.7. The molecule has 0 amide bonds. The smallest absolute Gasteiger partial charge is 0.139 e.